The first-order valence-electron chi connectivity index (χ1n) is 4.81. The van der Waals surface area contributed by atoms with Gasteiger partial charge < -0.3 is 4.74 Å². The van der Waals surface area contributed by atoms with Crippen LogP contribution in [0.5, 0.6) is 0 Å². The van der Waals surface area contributed by atoms with Crippen LogP contribution < -0.4 is 0 Å². The van der Waals surface area contributed by atoms with Gasteiger partial charge in [-0.25, -0.2) is 0 Å². The standard InChI is InChI=1S/C10H20O/c1-4-9(5-2)8-10(11-3)6-7-10/h9H,4-8H2,1-3H3. The van der Waals surface area contributed by atoms with Gasteiger partial charge >= 0.3 is 0 Å². The van der Waals surface area contributed by atoms with Crippen molar-refractivity contribution in [2.24, 2.45) is 5.92 Å². The topological polar surface area (TPSA) is 9.23 Å². The Hall–Kier alpha value is -0.0400. The Morgan fingerprint density at radius 1 is 1.27 bits per heavy atom. The van der Waals surface area contributed by atoms with Crippen LogP contribution >= 0.6 is 0 Å². The van der Waals surface area contributed by atoms with Gasteiger partial charge in [-0.3, -0.25) is 0 Å². The van der Waals surface area contributed by atoms with Crippen molar-refractivity contribution >= 4 is 0 Å². The molecule has 0 heterocycles. The second-order valence-electron chi connectivity index (χ2n) is 3.77. The molecule has 0 N–H and O–H groups in total. The number of rotatable bonds is 5. The van der Waals surface area contributed by atoms with Crippen LogP contribution in [0, 0.1) is 5.92 Å². The SMILES string of the molecule is CCC(CC)CC1(OC)CC1. The molecule has 11 heavy (non-hydrogen) atoms. The summed E-state index contributed by atoms with van der Waals surface area (Å²) in [4.78, 5) is 0. The van der Waals surface area contributed by atoms with Gasteiger partial charge in [-0.1, -0.05) is 26.7 Å². The van der Waals surface area contributed by atoms with Crippen LogP contribution in [0.4, 0.5) is 0 Å². The Bertz CT molecular complexity index is 112. The number of hydrogen-bond donors (Lipinski definition) is 0. The third-order valence-electron chi connectivity index (χ3n) is 3.06. The summed E-state index contributed by atoms with van der Waals surface area (Å²) in [7, 11) is 1.86. The van der Waals surface area contributed by atoms with Crippen LogP contribution in [0.3, 0.4) is 0 Å². The van der Waals surface area contributed by atoms with Crippen molar-refractivity contribution in [2.75, 3.05) is 7.11 Å². The number of hydrogen-bond acceptors (Lipinski definition) is 1. The summed E-state index contributed by atoms with van der Waals surface area (Å²) in [5, 5.41) is 0. The van der Waals surface area contributed by atoms with Crippen molar-refractivity contribution in [3.8, 4) is 0 Å². The summed E-state index contributed by atoms with van der Waals surface area (Å²) in [5.41, 5.74) is 0.316. The average Bonchev–Trinajstić information content (AvgIpc) is 2.81. The molecule has 0 atom stereocenters. The van der Waals surface area contributed by atoms with Crippen molar-refractivity contribution in [1.29, 1.82) is 0 Å². The molecule has 0 aliphatic heterocycles. The van der Waals surface area contributed by atoms with E-state index >= 15 is 0 Å². The van der Waals surface area contributed by atoms with Crippen LogP contribution in [0.1, 0.15) is 46.0 Å². The van der Waals surface area contributed by atoms with Crippen LogP contribution in [-0.2, 0) is 4.74 Å². The van der Waals surface area contributed by atoms with Gasteiger partial charge in [0.1, 0.15) is 0 Å². The fourth-order valence-electron chi connectivity index (χ4n) is 1.73. The van der Waals surface area contributed by atoms with Gasteiger partial charge in [-0.15, -0.1) is 0 Å². The molecule has 0 amide bonds. The Morgan fingerprint density at radius 3 is 2.09 bits per heavy atom. The van der Waals surface area contributed by atoms with E-state index in [1.165, 1.54) is 32.1 Å². The third-order valence-corrected chi connectivity index (χ3v) is 3.06. The van der Waals surface area contributed by atoms with Crippen LogP contribution in [0.25, 0.3) is 0 Å². The highest BCUT2D eigenvalue weighted by Crippen LogP contribution is 2.45. The van der Waals surface area contributed by atoms with E-state index in [1.807, 2.05) is 7.11 Å². The van der Waals surface area contributed by atoms with E-state index in [0.717, 1.165) is 5.92 Å². The highest BCUT2D eigenvalue weighted by Gasteiger charge is 2.43. The monoisotopic (exact) mass is 156 g/mol. The first-order chi connectivity index (χ1) is 5.26. The smallest absolute Gasteiger partial charge is 0.0683 e. The molecular formula is C10H20O. The van der Waals surface area contributed by atoms with Gasteiger partial charge in [0.2, 0.25) is 0 Å². The zero-order valence-electron chi connectivity index (χ0n) is 8.02. The summed E-state index contributed by atoms with van der Waals surface area (Å²) < 4.78 is 5.48. The molecular weight excluding hydrogens is 136 g/mol. The summed E-state index contributed by atoms with van der Waals surface area (Å²) in [6, 6.07) is 0. The van der Waals surface area contributed by atoms with Crippen LogP contribution in [0.2, 0.25) is 0 Å². The predicted molar refractivity (Wildman–Crippen MR) is 47.7 cm³/mol. The first kappa shape index (κ1) is 9.05. The minimum absolute atomic E-state index is 0.316. The van der Waals surface area contributed by atoms with Gasteiger partial charge in [0.05, 0.1) is 5.60 Å². The summed E-state index contributed by atoms with van der Waals surface area (Å²) in [6.45, 7) is 4.56. The van der Waals surface area contributed by atoms with Crippen molar-refractivity contribution in [1.82, 2.24) is 0 Å². The molecule has 0 unspecified atom stereocenters. The Balaban J connectivity index is 2.27. The van der Waals surface area contributed by atoms with Crippen molar-refractivity contribution in [3.63, 3.8) is 0 Å². The lowest BCUT2D eigenvalue weighted by molar-refractivity contribution is 0.0564. The van der Waals surface area contributed by atoms with Gasteiger partial charge in [-0.05, 0) is 25.2 Å². The quantitative estimate of drug-likeness (QED) is 0.594. The Kier molecular flexibility index (Phi) is 2.94. The summed E-state index contributed by atoms with van der Waals surface area (Å²) in [6.07, 6.45) is 6.49. The van der Waals surface area contributed by atoms with E-state index in [4.69, 9.17) is 4.74 Å². The Labute approximate surface area is 70.1 Å². The molecule has 1 heteroatoms. The number of ether oxygens (including phenoxy) is 1. The fourth-order valence-corrected chi connectivity index (χ4v) is 1.73. The molecule has 1 nitrogen and oxygen atoms in total. The molecule has 1 aliphatic carbocycles. The number of methoxy groups -OCH3 is 1. The van der Waals surface area contributed by atoms with Gasteiger partial charge in [-0.2, -0.15) is 0 Å². The summed E-state index contributed by atoms with van der Waals surface area (Å²) >= 11 is 0. The molecule has 66 valence electrons. The first-order valence-corrected chi connectivity index (χ1v) is 4.81. The molecule has 0 aromatic carbocycles. The zero-order chi connectivity index (χ0) is 8.32. The minimum atomic E-state index is 0.316. The zero-order valence-corrected chi connectivity index (χ0v) is 8.02. The molecule has 0 spiro atoms. The molecule has 0 bridgehead atoms. The summed E-state index contributed by atoms with van der Waals surface area (Å²) in [5.74, 6) is 0.887. The molecule has 0 aromatic heterocycles. The molecule has 1 fully saturated rings. The van der Waals surface area contributed by atoms with Crippen molar-refractivity contribution in [3.05, 3.63) is 0 Å². The average molecular weight is 156 g/mol. The van der Waals surface area contributed by atoms with E-state index in [0.29, 0.717) is 5.60 Å². The lowest BCUT2D eigenvalue weighted by Crippen LogP contribution is -2.16. The third kappa shape index (κ3) is 2.19. The second kappa shape index (κ2) is 3.57. The maximum Gasteiger partial charge on any atom is 0.0683 e. The largest absolute Gasteiger partial charge is 0.378 e. The highest BCUT2D eigenvalue weighted by atomic mass is 16.5. The van der Waals surface area contributed by atoms with Crippen LogP contribution in [0.15, 0.2) is 0 Å². The van der Waals surface area contributed by atoms with Gasteiger partial charge in [0.25, 0.3) is 0 Å². The molecule has 1 saturated carbocycles. The molecule has 0 radical (unpaired) electrons. The van der Waals surface area contributed by atoms with Crippen molar-refractivity contribution < 1.29 is 4.74 Å². The minimum Gasteiger partial charge on any atom is -0.378 e. The lowest BCUT2D eigenvalue weighted by Gasteiger charge is -2.19. The van der Waals surface area contributed by atoms with Gasteiger partial charge in [0, 0.05) is 7.11 Å². The molecule has 1 rings (SSSR count). The van der Waals surface area contributed by atoms with Crippen LogP contribution in [-0.4, -0.2) is 12.7 Å². The Morgan fingerprint density at radius 2 is 1.82 bits per heavy atom. The van der Waals surface area contributed by atoms with E-state index in [9.17, 15) is 0 Å². The van der Waals surface area contributed by atoms with Gasteiger partial charge in [0.15, 0.2) is 0 Å². The maximum atomic E-state index is 5.48. The molecule has 0 saturated heterocycles. The molecule has 1 aliphatic rings. The second-order valence-corrected chi connectivity index (χ2v) is 3.77. The van der Waals surface area contributed by atoms with E-state index < -0.39 is 0 Å². The highest BCUT2D eigenvalue weighted by molar-refractivity contribution is 4.96. The lowest BCUT2D eigenvalue weighted by atomic mass is 9.95. The predicted octanol–water partition coefficient (Wildman–Crippen LogP) is 2.99. The normalized spacial score (nSPS) is 20.7. The van der Waals surface area contributed by atoms with E-state index in [2.05, 4.69) is 13.8 Å². The maximum absolute atomic E-state index is 5.48. The fraction of sp³-hybridized carbons (Fsp3) is 1.00. The van der Waals surface area contributed by atoms with E-state index in [1.54, 1.807) is 0 Å². The van der Waals surface area contributed by atoms with E-state index in [-0.39, 0.29) is 0 Å². The molecule has 0 aromatic rings. The van der Waals surface area contributed by atoms with Crippen molar-refractivity contribution in [2.45, 2.75) is 51.6 Å².